The Morgan fingerprint density at radius 1 is 1.40 bits per heavy atom. The molecule has 0 aliphatic carbocycles. The summed E-state index contributed by atoms with van der Waals surface area (Å²) in [7, 11) is 0. The van der Waals surface area contributed by atoms with Crippen molar-refractivity contribution < 1.29 is 13.6 Å². The van der Waals surface area contributed by atoms with Gasteiger partial charge in [0.15, 0.2) is 4.34 Å². The number of nitrogens with zero attached hydrogens (tertiary/aromatic N) is 2. The normalized spacial score (nSPS) is 12.2. The summed E-state index contributed by atoms with van der Waals surface area (Å²) >= 11 is 2.59. The molecule has 0 saturated carbocycles. The fourth-order valence-corrected chi connectivity index (χ4v) is 3.32. The first kappa shape index (κ1) is 14.9. The van der Waals surface area contributed by atoms with Gasteiger partial charge in [-0.25, -0.2) is 8.78 Å². The minimum Gasteiger partial charge on any atom is -0.323 e. The van der Waals surface area contributed by atoms with Crippen LogP contribution in [0.15, 0.2) is 22.5 Å². The number of aryl methyl sites for hydroxylation is 1. The fraction of sp³-hybridized carbons (Fsp3) is 0.250. The molecular formula is C12H11F2N3OS2. The summed E-state index contributed by atoms with van der Waals surface area (Å²) in [6.45, 7) is 3.47. The Morgan fingerprint density at radius 2 is 2.15 bits per heavy atom. The Kier molecular flexibility index (Phi) is 4.66. The van der Waals surface area contributed by atoms with E-state index in [0.717, 1.165) is 23.2 Å². The maximum Gasteiger partial charge on any atom is 0.237 e. The van der Waals surface area contributed by atoms with E-state index in [4.69, 9.17) is 0 Å². The van der Waals surface area contributed by atoms with Crippen molar-refractivity contribution in [3.05, 3.63) is 34.8 Å². The van der Waals surface area contributed by atoms with Crippen LogP contribution in [0, 0.1) is 18.6 Å². The van der Waals surface area contributed by atoms with E-state index in [1.807, 2.05) is 6.92 Å². The number of amides is 1. The molecule has 1 atom stereocenters. The number of nitrogens with one attached hydrogen (secondary N) is 1. The van der Waals surface area contributed by atoms with Crippen LogP contribution >= 0.6 is 23.1 Å². The van der Waals surface area contributed by atoms with Gasteiger partial charge in [0.2, 0.25) is 5.91 Å². The molecule has 0 spiro atoms. The summed E-state index contributed by atoms with van der Waals surface area (Å²) in [5.74, 6) is -1.71. The molecule has 0 fully saturated rings. The van der Waals surface area contributed by atoms with Crippen LogP contribution in [0.5, 0.6) is 0 Å². The molecule has 0 aliphatic rings. The number of carbonyl (C=O) groups excluding carboxylic acids is 1. The summed E-state index contributed by atoms with van der Waals surface area (Å²) in [4.78, 5) is 11.9. The van der Waals surface area contributed by atoms with Gasteiger partial charge < -0.3 is 5.32 Å². The van der Waals surface area contributed by atoms with Crippen LogP contribution in [0.3, 0.4) is 0 Å². The molecule has 1 N–H and O–H groups in total. The number of halogens is 2. The first-order chi connectivity index (χ1) is 9.45. The molecule has 0 unspecified atom stereocenters. The number of hydrogen-bond donors (Lipinski definition) is 1. The lowest BCUT2D eigenvalue weighted by Gasteiger charge is -2.10. The van der Waals surface area contributed by atoms with Gasteiger partial charge in [0.25, 0.3) is 0 Å². The Balaban J connectivity index is 2.02. The smallest absolute Gasteiger partial charge is 0.237 e. The molecule has 1 aromatic carbocycles. The van der Waals surface area contributed by atoms with Crippen molar-refractivity contribution in [1.82, 2.24) is 10.2 Å². The zero-order chi connectivity index (χ0) is 14.7. The van der Waals surface area contributed by atoms with Crippen LogP contribution in [-0.2, 0) is 4.79 Å². The van der Waals surface area contributed by atoms with Crippen LogP contribution in [0.25, 0.3) is 0 Å². The maximum atomic E-state index is 13.4. The van der Waals surface area contributed by atoms with Crippen LogP contribution < -0.4 is 5.32 Å². The number of rotatable bonds is 4. The average molecular weight is 315 g/mol. The second-order valence-electron chi connectivity index (χ2n) is 3.96. The van der Waals surface area contributed by atoms with Gasteiger partial charge in [0.05, 0.1) is 10.9 Å². The Morgan fingerprint density at radius 3 is 2.80 bits per heavy atom. The summed E-state index contributed by atoms with van der Waals surface area (Å²) < 4.78 is 27.1. The van der Waals surface area contributed by atoms with E-state index in [2.05, 4.69) is 15.5 Å². The molecule has 106 valence electrons. The van der Waals surface area contributed by atoms with Crippen LogP contribution in [0.1, 0.15) is 11.9 Å². The number of hydrogen-bond acceptors (Lipinski definition) is 5. The third kappa shape index (κ3) is 3.73. The third-order valence-electron chi connectivity index (χ3n) is 2.34. The van der Waals surface area contributed by atoms with Crippen molar-refractivity contribution in [3.8, 4) is 0 Å². The third-order valence-corrected chi connectivity index (χ3v) is 4.36. The van der Waals surface area contributed by atoms with E-state index in [9.17, 15) is 13.6 Å². The van der Waals surface area contributed by atoms with E-state index in [1.54, 1.807) is 6.92 Å². The van der Waals surface area contributed by atoms with Gasteiger partial charge in [-0.2, -0.15) is 0 Å². The minimum atomic E-state index is -0.677. The largest absolute Gasteiger partial charge is 0.323 e. The predicted octanol–water partition coefficient (Wildman–Crippen LogP) is 3.24. The molecule has 1 amide bonds. The molecule has 0 bridgehead atoms. The van der Waals surface area contributed by atoms with Gasteiger partial charge in [0, 0.05) is 6.07 Å². The number of anilines is 1. The highest BCUT2D eigenvalue weighted by Crippen LogP contribution is 2.27. The minimum absolute atomic E-state index is 0.170. The summed E-state index contributed by atoms with van der Waals surface area (Å²) in [5.41, 5.74) is -0.170. The topological polar surface area (TPSA) is 54.9 Å². The molecule has 8 heteroatoms. The zero-order valence-electron chi connectivity index (χ0n) is 10.7. The first-order valence-corrected chi connectivity index (χ1v) is 7.38. The highest BCUT2D eigenvalue weighted by molar-refractivity contribution is 8.02. The highest BCUT2D eigenvalue weighted by Gasteiger charge is 2.18. The van der Waals surface area contributed by atoms with Gasteiger partial charge in [0.1, 0.15) is 16.6 Å². The molecule has 0 radical (unpaired) electrons. The van der Waals surface area contributed by atoms with Crippen LogP contribution in [0.2, 0.25) is 0 Å². The molecule has 0 aliphatic heterocycles. The Labute approximate surface area is 122 Å². The van der Waals surface area contributed by atoms with Crippen LogP contribution in [-0.4, -0.2) is 21.4 Å². The monoisotopic (exact) mass is 315 g/mol. The van der Waals surface area contributed by atoms with Gasteiger partial charge >= 0.3 is 0 Å². The van der Waals surface area contributed by atoms with E-state index in [0.29, 0.717) is 4.34 Å². The summed E-state index contributed by atoms with van der Waals surface area (Å²) in [6.07, 6.45) is 0. The lowest BCUT2D eigenvalue weighted by Crippen LogP contribution is -2.23. The summed E-state index contributed by atoms with van der Waals surface area (Å²) in [6, 6.07) is 2.91. The van der Waals surface area contributed by atoms with Gasteiger partial charge in [-0.15, -0.1) is 10.2 Å². The standard InChI is InChI=1S/C12H11F2N3OS2/c1-6(19-12-17-16-7(2)20-12)11(18)15-10-5-8(13)3-4-9(10)14/h3-6H,1-2H3,(H,15,18)/t6-/m1/s1. The second kappa shape index (κ2) is 6.27. The van der Waals surface area contributed by atoms with E-state index < -0.39 is 22.8 Å². The van der Waals surface area contributed by atoms with E-state index >= 15 is 0 Å². The zero-order valence-corrected chi connectivity index (χ0v) is 12.3. The van der Waals surface area contributed by atoms with Gasteiger partial charge in [-0.3, -0.25) is 4.79 Å². The molecule has 2 rings (SSSR count). The number of carbonyl (C=O) groups is 1. The molecule has 1 heterocycles. The van der Waals surface area contributed by atoms with Crippen molar-refractivity contribution >= 4 is 34.7 Å². The van der Waals surface area contributed by atoms with Crippen LogP contribution in [0.4, 0.5) is 14.5 Å². The predicted molar refractivity (Wildman–Crippen MR) is 75.0 cm³/mol. The van der Waals surface area contributed by atoms with Gasteiger partial charge in [-0.1, -0.05) is 23.1 Å². The van der Waals surface area contributed by atoms with Crippen molar-refractivity contribution in [2.24, 2.45) is 0 Å². The highest BCUT2D eigenvalue weighted by atomic mass is 32.2. The van der Waals surface area contributed by atoms with Crippen molar-refractivity contribution in [1.29, 1.82) is 0 Å². The molecule has 2 aromatic rings. The van der Waals surface area contributed by atoms with Crippen molar-refractivity contribution in [2.75, 3.05) is 5.32 Å². The molecule has 1 aromatic heterocycles. The molecular weight excluding hydrogens is 304 g/mol. The molecule has 0 saturated heterocycles. The Bertz CT molecular complexity index is 633. The van der Waals surface area contributed by atoms with Crippen molar-refractivity contribution in [3.63, 3.8) is 0 Å². The maximum absolute atomic E-state index is 13.4. The number of thioether (sulfide) groups is 1. The number of benzene rings is 1. The van der Waals surface area contributed by atoms with Gasteiger partial charge in [-0.05, 0) is 26.0 Å². The van der Waals surface area contributed by atoms with E-state index in [1.165, 1.54) is 23.1 Å². The first-order valence-electron chi connectivity index (χ1n) is 5.68. The van der Waals surface area contributed by atoms with Crippen molar-refractivity contribution in [2.45, 2.75) is 23.4 Å². The SMILES string of the molecule is Cc1nnc(S[C@H](C)C(=O)Nc2cc(F)ccc2F)s1. The average Bonchev–Trinajstić information content (AvgIpc) is 2.79. The van der Waals surface area contributed by atoms with E-state index in [-0.39, 0.29) is 5.69 Å². The fourth-order valence-electron chi connectivity index (χ4n) is 1.36. The quantitative estimate of drug-likeness (QED) is 0.880. The Hall–Kier alpha value is -1.54. The summed E-state index contributed by atoms with van der Waals surface area (Å²) in [5, 5.41) is 10.4. The second-order valence-corrected chi connectivity index (χ2v) is 6.73. The lowest BCUT2D eigenvalue weighted by molar-refractivity contribution is -0.115. The molecule has 4 nitrogen and oxygen atoms in total. The lowest BCUT2D eigenvalue weighted by atomic mass is 10.3. The molecule has 20 heavy (non-hydrogen) atoms. The number of aromatic nitrogens is 2.